The summed E-state index contributed by atoms with van der Waals surface area (Å²) in [7, 11) is 0. The number of rotatable bonds is 10. The fraction of sp³-hybridized carbons (Fsp3) is 0.556. The second-order valence-corrected chi connectivity index (χ2v) is 5.97. The molecule has 2 heteroatoms. The first-order chi connectivity index (χ1) is 9.81. The van der Waals surface area contributed by atoms with Crippen molar-refractivity contribution >= 4 is 11.3 Å². The lowest BCUT2D eigenvalue weighted by atomic mass is 10.1. The summed E-state index contributed by atoms with van der Waals surface area (Å²) in [5.74, 6) is 6.00. The topological polar surface area (TPSA) is 9.23 Å². The van der Waals surface area contributed by atoms with Crippen LogP contribution < -0.4 is 4.74 Å². The lowest BCUT2D eigenvalue weighted by Crippen LogP contribution is -1.97. The van der Waals surface area contributed by atoms with Crippen LogP contribution in [0.2, 0.25) is 0 Å². The Balaban J connectivity index is 2.11. The van der Waals surface area contributed by atoms with Gasteiger partial charge in [-0.15, -0.1) is 24.2 Å². The van der Waals surface area contributed by atoms with E-state index in [1.54, 1.807) is 0 Å². The molecule has 0 aliphatic heterocycles. The lowest BCUT2D eigenvalue weighted by molar-refractivity contribution is 0.305. The molecule has 0 radical (unpaired) electrons. The molecule has 0 saturated heterocycles. The van der Waals surface area contributed by atoms with Crippen molar-refractivity contribution in [2.75, 3.05) is 6.61 Å². The van der Waals surface area contributed by atoms with Gasteiger partial charge in [-0.2, -0.15) is 0 Å². The molecular weight excluding hydrogens is 264 g/mol. The second kappa shape index (κ2) is 10.4. The Labute approximate surface area is 127 Å². The molecule has 1 aromatic rings. The van der Waals surface area contributed by atoms with Crippen molar-refractivity contribution in [3.63, 3.8) is 0 Å². The molecule has 1 nitrogen and oxygen atoms in total. The van der Waals surface area contributed by atoms with Crippen molar-refractivity contribution in [2.45, 2.75) is 58.3 Å². The van der Waals surface area contributed by atoms with Crippen LogP contribution in [-0.2, 0) is 0 Å². The van der Waals surface area contributed by atoms with Gasteiger partial charge in [0.05, 0.1) is 11.5 Å². The molecule has 0 atom stereocenters. The van der Waals surface area contributed by atoms with Gasteiger partial charge in [0.25, 0.3) is 0 Å². The van der Waals surface area contributed by atoms with Gasteiger partial charge < -0.3 is 4.74 Å². The van der Waals surface area contributed by atoms with Crippen molar-refractivity contribution in [1.29, 1.82) is 0 Å². The SMILES string of the molecule is C#Cc1cc(OCCCCCCCCCC)c(C#C)s1. The van der Waals surface area contributed by atoms with E-state index >= 15 is 0 Å². The molecule has 1 heterocycles. The largest absolute Gasteiger partial charge is 0.491 e. The van der Waals surface area contributed by atoms with Crippen LogP contribution in [0.25, 0.3) is 0 Å². The molecule has 1 aromatic heterocycles. The monoisotopic (exact) mass is 288 g/mol. The average Bonchev–Trinajstić information content (AvgIpc) is 2.88. The number of ether oxygens (including phenoxy) is 1. The molecule has 0 amide bonds. The molecule has 108 valence electrons. The Kier molecular flexibility index (Phi) is 8.68. The van der Waals surface area contributed by atoms with Crippen LogP contribution in [0.15, 0.2) is 6.07 Å². The quantitative estimate of drug-likeness (QED) is 0.423. The Hall–Kier alpha value is -1.38. The maximum Gasteiger partial charge on any atom is 0.147 e. The predicted molar refractivity (Wildman–Crippen MR) is 88.3 cm³/mol. The van der Waals surface area contributed by atoms with Gasteiger partial charge in [-0.05, 0) is 6.42 Å². The van der Waals surface area contributed by atoms with Crippen molar-refractivity contribution in [3.05, 3.63) is 15.8 Å². The molecule has 20 heavy (non-hydrogen) atoms. The van der Waals surface area contributed by atoms with Crippen molar-refractivity contribution in [1.82, 2.24) is 0 Å². The summed E-state index contributed by atoms with van der Waals surface area (Å²) in [6, 6.07) is 1.87. The van der Waals surface area contributed by atoms with Gasteiger partial charge >= 0.3 is 0 Å². The molecule has 0 aliphatic rings. The van der Waals surface area contributed by atoms with Crippen LogP contribution in [0.4, 0.5) is 0 Å². The third-order valence-electron chi connectivity index (χ3n) is 3.23. The molecule has 0 unspecified atom stereocenters. The van der Waals surface area contributed by atoms with Gasteiger partial charge in [0.15, 0.2) is 0 Å². The highest BCUT2D eigenvalue weighted by atomic mass is 32.1. The van der Waals surface area contributed by atoms with E-state index in [1.807, 2.05) is 6.07 Å². The Morgan fingerprint density at radius 2 is 1.65 bits per heavy atom. The normalized spacial score (nSPS) is 9.95. The van der Waals surface area contributed by atoms with Gasteiger partial charge in [0, 0.05) is 6.07 Å². The van der Waals surface area contributed by atoms with E-state index in [2.05, 4.69) is 18.8 Å². The summed E-state index contributed by atoms with van der Waals surface area (Å²) >= 11 is 1.44. The van der Waals surface area contributed by atoms with E-state index in [9.17, 15) is 0 Å². The Bertz CT molecular complexity index is 459. The molecule has 0 spiro atoms. The van der Waals surface area contributed by atoms with E-state index in [-0.39, 0.29) is 0 Å². The minimum atomic E-state index is 0.727. The minimum absolute atomic E-state index is 0.727. The Morgan fingerprint density at radius 1 is 1.00 bits per heavy atom. The first-order valence-corrected chi connectivity index (χ1v) is 8.33. The Morgan fingerprint density at radius 3 is 2.25 bits per heavy atom. The highest BCUT2D eigenvalue weighted by molar-refractivity contribution is 7.13. The molecule has 0 aliphatic carbocycles. The summed E-state index contributed by atoms with van der Waals surface area (Å²) in [5.41, 5.74) is 0. The van der Waals surface area contributed by atoms with E-state index in [4.69, 9.17) is 17.6 Å². The number of unbranched alkanes of at least 4 members (excludes halogenated alkanes) is 7. The molecule has 1 rings (SSSR count). The second-order valence-electron chi connectivity index (χ2n) is 4.92. The molecule has 0 fully saturated rings. The van der Waals surface area contributed by atoms with Gasteiger partial charge in [0.2, 0.25) is 0 Å². The first-order valence-electron chi connectivity index (χ1n) is 7.51. The zero-order valence-corrected chi connectivity index (χ0v) is 13.2. The first kappa shape index (κ1) is 16.7. The molecule has 0 N–H and O–H groups in total. The summed E-state index contributed by atoms with van der Waals surface area (Å²) in [6.45, 7) is 2.97. The van der Waals surface area contributed by atoms with Gasteiger partial charge in [-0.25, -0.2) is 0 Å². The van der Waals surface area contributed by atoms with Crippen molar-refractivity contribution in [2.24, 2.45) is 0 Å². The van der Waals surface area contributed by atoms with Crippen LogP contribution >= 0.6 is 11.3 Å². The number of terminal acetylenes is 2. The van der Waals surface area contributed by atoms with Crippen LogP contribution in [0, 0.1) is 24.7 Å². The standard InChI is InChI=1S/C18H24OS/c1-4-7-8-9-10-11-12-13-14-19-17-15-16(5-2)20-18(17)6-3/h2-3,15H,4,7-14H2,1H3. The van der Waals surface area contributed by atoms with Crippen molar-refractivity contribution < 1.29 is 4.74 Å². The molecule has 0 bridgehead atoms. The van der Waals surface area contributed by atoms with Crippen LogP contribution in [0.5, 0.6) is 5.75 Å². The number of hydrogen-bond donors (Lipinski definition) is 0. The zero-order valence-electron chi connectivity index (χ0n) is 12.4. The van der Waals surface area contributed by atoms with Crippen LogP contribution in [0.3, 0.4) is 0 Å². The summed E-state index contributed by atoms with van der Waals surface area (Å²) in [4.78, 5) is 1.64. The van der Waals surface area contributed by atoms with Crippen molar-refractivity contribution in [3.8, 4) is 30.4 Å². The molecule has 0 saturated carbocycles. The molecule has 0 aromatic carbocycles. The average molecular weight is 288 g/mol. The summed E-state index contributed by atoms with van der Waals surface area (Å²) in [6.07, 6.45) is 21.2. The maximum atomic E-state index is 5.73. The van der Waals surface area contributed by atoms with Gasteiger partial charge in [-0.1, -0.05) is 63.7 Å². The highest BCUT2D eigenvalue weighted by Crippen LogP contribution is 2.28. The zero-order chi connectivity index (χ0) is 14.6. The highest BCUT2D eigenvalue weighted by Gasteiger charge is 2.06. The van der Waals surface area contributed by atoms with Crippen LogP contribution in [-0.4, -0.2) is 6.61 Å². The van der Waals surface area contributed by atoms with E-state index in [0.717, 1.165) is 28.5 Å². The predicted octanol–water partition coefficient (Wildman–Crippen LogP) is 5.23. The summed E-state index contributed by atoms with van der Waals surface area (Å²) in [5, 5.41) is 0. The lowest BCUT2D eigenvalue weighted by Gasteiger charge is -2.05. The van der Waals surface area contributed by atoms with E-state index in [1.165, 1.54) is 56.3 Å². The third-order valence-corrected chi connectivity index (χ3v) is 4.21. The number of thiophene rings is 1. The third kappa shape index (κ3) is 6.18. The fourth-order valence-corrected chi connectivity index (χ4v) is 2.79. The summed E-state index contributed by atoms with van der Waals surface area (Å²) < 4.78 is 5.73. The van der Waals surface area contributed by atoms with E-state index in [0.29, 0.717) is 0 Å². The fourth-order valence-electron chi connectivity index (χ4n) is 2.07. The van der Waals surface area contributed by atoms with Crippen LogP contribution in [0.1, 0.15) is 68.0 Å². The van der Waals surface area contributed by atoms with Gasteiger partial charge in [-0.3, -0.25) is 0 Å². The van der Waals surface area contributed by atoms with Gasteiger partial charge in [0.1, 0.15) is 10.6 Å². The minimum Gasteiger partial charge on any atom is -0.491 e. The maximum absolute atomic E-state index is 5.73. The van der Waals surface area contributed by atoms with E-state index < -0.39 is 0 Å². The molecular formula is C18H24OS. The number of hydrogen-bond acceptors (Lipinski definition) is 2. The smallest absolute Gasteiger partial charge is 0.147 e.